The molecule has 0 bridgehead atoms. The molecule has 35 heavy (non-hydrogen) atoms. The summed E-state index contributed by atoms with van der Waals surface area (Å²) >= 11 is 11.5. The Balaban J connectivity index is 1.44. The van der Waals surface area contributed by atoms with E-state index >= 15 is 0 Å². The van der Waals surface area contributed by atoms with Crippen LogP contribution in [0.3, 0.4) is 0 Å². The molecule has 3 aromatic carbocycles. The molecule has 0 aromatic heterocycles. The van der Waals surface area contributed by atoms with Crippen LogP contribution in [0, 0.1) is 5.82 Å². The fraction of sp³-hybridized carbons (Fsp3) is 0.160. The summed E-state index contributed by atoms with van der Waals surface area (Å²) in [4.78, 5) is 36.5. The Labute approximate surface area is 209 Å². The van der Waals surface area contributed by atoms with Crippen molar-refractivity contribution in [2.75, 3.05) is 11.9 Å². The minimum Gasteiger partial charge on any atom is -0.481 e. The van der Waals surface area contributed by atoms with Gasteiger partial charge in [0.1, 0.15) is 12.6 Å². The first-order chi connectivity index (χ1) is 16.7. The van der Waals surface area contributed by atoms with Crippen molar-refractivity contribution < 1.29 is 28.6 Å². The fourth-order valence-corrected chi connectivity index (χ4v) is 4.51. The van der Waals surface area contributed by atoms with Crippen molar-refractivity contribution in [2.45, 2.75) is 18.4 Å². The van der Waals surface area contributed by atoms with Gasteiger partial charge in [-0.3, -0.25) is 9.59 Å². The predicted molar refractivity (Wildman–Crippen MR) is 129 cm³/mol. The fourth-order valence-electron chi connectivity index (χ4n) is 4.02. The van der Waals surface area contributed by atoms with Crippen LogP contribution in [0.25, 0.3) is 11.1 Å². The number of aliphatic carboxylic acids is 1. The highest BCUT2D eigenvalue weighted by Gasteiger charge is 2.30. The van der Waals surface area contributed by atoms with Gasteiger partial charge in [0.25, 0.3) is 0 Å². The van der Waals surface area contributed by atoms with Crippen molar-refractivity contribution >= 4 is 46.9 Å². The van der Waals surface area contributed by atoms with Crippen molar-refractivity contribution in [1.82, 2.24) is 5.32 Å². The average Bonchev–Trinajstić information content (AvgIpc) is 3.14. The second-order valence-corrected chi connectivity index (χ2v) is 8.68. The maximum Gasteiger partial charge on any atom is 0.407 e. The quantitative estimate of drug-likeness (QED) is 0.362. The van der Waals surface area contributed by atoms with Gasteiger partial charge in [0, 0.05) is 11.6 Å². The van der Waals surface area contributed by atoms with Crippen LogP contribution in [0.2, 0.25) is 10.0 Å². The molecule has 3 aromatic rings. The van der Waals surface area contributed by atoms with Crippen LogP contribution in [0.5, 0.6) is 0 Å². The largest absolute Gasteiger partial charge is 0.481 e. The molecule has 0 spiro atoms. The molecule has 2 amide bonds. The molecule has 1 atom stereocenters. The van der Waals surface area contributed by atoms with Gasteiger partial charge in [0.2, 0.25) is 5.91 Å². The number of carbonyl (C=O) groups excluding carboxylic acids is 2. The zero-order valence-corrected chi connectivity index (χ0v) is 19.6. The van der Waals surface area contributed by atoms with Crippen LogP contribution in [0.1, 0.15) is 23.5 Å². The van der Waals surface area contributed by atoms with Gasteiger partial charge in [-0.25, -0.2) is 9.18 Å². The molecule has 0 aliphatic heterocycles. The van der Waals surface area contributed by atoms with E-state index in [1.54, 1.807) is 0 Å². The van der Waals surface area contributed by atoms with E-state index in [9.17, 15) is 23.9 Å². The number of ether oxygens (including phenoxy) is 1. The van der Waals surface area contributed by atoms with Crippen LogP contribution >= 0.6 is 23.2 Å². The summed E-state index contributed by atoms with van der Waals surface area (Å²) in [5.41, 5.74) is 4.16. The Bertz CT molecular complexity index is 1250. The minimum absolute atomic E-state index is 0.00948. The van der Waals surface area contributed by atoms with Crippen molar-refractivity contribution in [1.29, 1.82) is 0 Å². The first-order valence-corrected chi connectivity index (χ1v) is 11.3. The third-order valence-electron chi connectivity index (χ3n) is 5.58. The number of fused-ring (bicyclic) bond motifs is 3. The molecule has 3 N–H and O–H groups in total. The topological polar surface area (TPSA) is 105 Å². The highest BCUT2D eigenvalue weighted by Crippen LogP contribution is 2.44. The molecular formula is C25H19Cl2FN2O5. The Morgan fingerprint density at radius 1 is 0.971 bits per heavy atom. The predicted octanol–water partition coefficient (Wildman–Crippen LogP) is 5.45. The number of rotatable bonds is 7. The average molecular weight is 517 g/mol. The van der Waals surface area contributed by atoms with E-state index in [2.05, 4.69) is 10.6 Å². The summed E-state index contributed by atoms with van der Waals surface area (Å²) in [6, 6.07) is 16.3. The number of hydrogen-bond acceptors (Lipinski definition) is 4. The smallest absolute Gasteiger partial charge is 0.407 e. The van der Waals surface area contributed by atoms with Crippen LogP contribution < -0.4 is 10.6 Å². The van der Waals surface area contributed by atoms with Gasteiger partial charge >= 0.3 is 12.1 Å². The number of benzene rings is 3. The van der Waals surface area contributed by atoms with Crippen molar-refractivity contribution in [3.8, 4) is 11.1 Å². The normalized spacial score (nSPS) is 12.9. The summed E-state index contributed by atoms with van der Waals surface area (Å²) in [6.45, 7) is -0.00948. The molecule has 0 saturated carbocycles. The Hall–Kier alpha value is -3.62. The standard InChI is InChI=1S/C25H19Cl2FN2O5/c26-19-9-13(10-20(27)23(19)28)29-24(33)21(11-22(31)32)30-25(34)35-12-18-16-7-3-1-5-14(16)15-6-2-4-8-17(15)18/h1-10,18,21H,11-12H2,(H,29,33)(H,30,34)(H,31,32). The first-order valence-electron chi connectivity index (χ1n) is 10.5. The van der Waals surface area contributed by atoms with E-state index in [1.807, 2.05) is 48.5 Å². The summed E-state index contributed by atoms with van der Waals surface area (Å²) in [5, 5.41) is 13.2. The van der Waals surface area contributed by atoms with E-state index in [0.717, 1.165) is 34.4 Å². The van der Waals surface area contributed by atoms with Crippen LogP contribution in [0.15, 0.2) is 60.7 Å². The first kappa shape index (κ1) is 24.5. The number of alkyl carbamates (subject to hydrolysis) is 1. The molecule has 1 unspecified atom stereocenters. The van der Waals surface area contributed by atoms with Gasteiger partial charge in [-0.1, -0.05) is 71.7 Å². The molecule has 0 radical (unpaired) electrons. The van der Waals surface area contributed by atoms with Gasteiger partial charge in [-0.2, -0.15) is 0 Å². The number of anilines is 1. The van der Waals surface area contributed by atoms with Crippen LogP contribution in [-0.2, 0) is 14.3 Å². The number of carboxylic acids is 1. The number of hydrogen-bond donors (Lipinski definition) is 3. The molecule has 180 valence electrons. The molecule has 10 heteroatoms. The molecule has 4 rings (SSSR count). The Morgan fingerprint density at radius 2 is 1.51 bits per heavy atom. The molecule has 0 fully saturated rings. The maximum atomic E-state index is 13.6. The molecule has 0 saturated heterocycles. The Morgan fingerprint density at radius 3 is 2.06 bits per heavy atom. The SMILES string of the molecule is O=C(O)CC(NC(=O)OCC1c2ccccc2-c2ccccc21)C(=O)Nc1cc(Cl)c(F)c(Cl)c1. The molecule has 1 aliphatic rings. The molecule has 0 heterocycles. The van der Waals surface area contributed by atoms with E-state index in [-0.39, 0.29) is 28.3 Å². The van der Waals surface area contributed by atoms with Gasteiger partial charge < -0.3 is 20.5 Å². The van der Waals surface area contributed by atoms with Gasteiger partial charge in [0.15, 0.2) is 5.82 Å². The van der Waals surface area contributed by atoms with E-state index in [0.29, 0.717) is 0 Å². The minimum atomic E-state index is -1.47. The van der Waals surface area contributed by atoms with Crippen molar-refractivity contribution in [2.24, 2.45) is 0 Å². The molecular weight excluding hydrogens is 498 g/mol. The Kier molecular flexibility index (Phi) is 7.23. The zero-order valence-electron chi connectivity index (χ0n) is 18.1. The molecule has 1 aliphatic carbocycles. The number of carboxylic acid groups (broad SMARTS) is 1. The maximum absolute atomic E-state index is 13.6. The highest BCUT2D eigenvalue weighted by atomic mass is 35.5. The number of halogens is 3. The summed E-state index contributed by atoms with van der Waals surface area (Å²) in [5.74, 6) is -3.24. The van der Waals surface area contributed by atoms with E-state index in [1.165, 1.54) is 0 Å². The second-order valence-electron chi connectivity index (χ2n) is 7.86. The lowest BCUT2D eigenvalue weighted by atomic mass is 9.98. The second kappa shape index (κ2) is 10.3. The number of carbonyl (C=O) groups is 3. The van der Waals surface area contributed by atoms with Gasteiger partial charge in [0.05, 0.1) is 16.5 Å². The monoisotopic (exact) mass is 516 g/mol. The third-order valence-corrected chi connectivity index (χ3v) is 6.13. The van der Waals surface area contributed by atoms with Gasteiger partial charge in [-0.05, 0) is 34.4 Å². The van der Waals surface area contributed by atoms with Crippen LogP contribution in [0.4, 0.5) is 14.9 Å². The summed E-state index contributed by atoms with van der Waals surface area (Å²) in [6.07, 6.45) is -1.66. The lowest BCUT2D eigenvalue weighted by molar-refractivity contribution is -0.139. The lowest BCUT2D eigenvalue weighted by Gasteiger charge is -2.19. The number of nitrogens with one attached hydrogen (secondary N) is 2. The summed E-state index contributed by atoms with van der Waals surface area (Å²) in [7, 11) is 0. The summed E-state index contributed by atoms with van der Waals surface area (Å²) < 4.78 is 19.0. The highest BCUT2D eigenvalue weighted by molar-refractivity contribution is 6.35. The van der Waals surface area contributed by atoms with E-state index < -0.39 is 36.2 Å². The van der Waals surface area contributed by atoms with Crippen molar-refractivity contribution in [3.63, 3.8) is 0 Å². The van der Waals surface area contributed by atoms with Crippen molar-refractivity contribution in [3.05, 3.63) is 87.7 Å². The van der Waals surface area contributed by atoms with Gasteiger partial charge in [-0.15, -0.1) is 0 Å². The third kappa shape index (κ3) is 5.39. The van der Waals surface area contributed by atoms with Crippen LogP contribution in [-0.4, -0.2) is 35.7 Å². The lowest BCUT2D eigenvalue weighted by Crippen LogP contribution is -2.45. The number of amides is 2. The molecule has 7 nitrogen and oxygen atoms in total. The zero-order chi connectivity index (χ0) is 25.1. The van der Waals surface area contributed by atoms with E-state index in [4.69, 9.17) is 27.9 Å².